The third kappa shape index (κ3) is 6.22. The van der Waals surface area contributed by atoms with E-state index in [0.717, 1.165) is 0 Å². The number of nitrogens with one attached hydrogen (secondary N) is 1. The Hall–Kier alpha value is -2.04. The molecule has 2 aliphatic heterocycles. The summed E-state index contributed by atoms with van der Waals surface area (Å²) >= 11 is 0. The van der Waals surface area contributed by atoms with Crippen LogP contribution in [0.15, 0.2) is 24.3 Å². The van der Waals surface area contributed by atoms with Gasteiger partial charge in [-0.3, -0.25) is 19.4 Å². The van der Waals surface area contributed by atoms with Gasteiger partial charge in [-0.2, -0.15) is 0 Å². The molecule has 0 aliphatic carbocycles. The molecule has 0 saturated carbocycles. The molecule has 2 saturated heterocycles. The number of amides is 2. The Morgan fingerprint density at radius 3 is 2.59 bits per heavy atom. The molecule has 1 atom stereocenters. The molecule has 2 amide bonds. The number of anilines is 1. The van der Waals surface area contributed by atoms with E-state index in [-0.39, 0.29) is 42.5 Å². The summed E-state index contributed by atoms with van der Waals surface area (Å²) in [5, 5.41) is 2.67. The van der Waals surface area contributed by atoms with Crippen molar-refractivity contribution in [3.8, 4) is 0 Å². The van der Waals surface area contributed by atoms with Crippen LogP contribution in [0.25, 0.3) is 0 Å². The highest BCUT2D eigenvalue weighted by Gasteiger charge is 2.32. The van der Waals surface area contributed by atoms with Crippen LogP contribution >= 0.6 is 0 Å². The van der Waals surface area contributed by atoms with Crippen LogP contribution in [-0.2, 0) is 19.4 Å². The summed E-state index contributed by atoms with van der Waals surface area (Å²) in [6, 6.07) is 5.64. The van der Waals surface area contributed by atoms with Crippen molar-refractivity contribution in [2.45, 2.75) is 12.5 Å². The van der Waals surface area contributed by atoms with Gasteiger partial charge in [0.2, 0.25) is 11.8 Å². The molecule has 29 heavy (non-hydrogen) atoms. The average molecular weight is 427 g/mol. The lowest BCUT2D eigenvalue weighted by molar-refractivity contribution is -0.134. The molecular weight excluding hydrogens is 399 g/mol. The lowest BCUT2D eigenvalue weighted by Gasteiger charge is -2.35. The SMILES string of the molecule is CN(CC(=O)N1CCN(CC(=O)Nc2cccc(F)c2)CC1)[C@H]1CCS(=O)(=O)C1. The first-order chi connectivity index (χ1) is 13.7. The van der Waals surface area contributed by atoms with Crippen molar-refractivity contribution in [3.63, 3.8) is 0 Å². The summed E-state index contributed by atoms with van der Waals surface area (Å²) in [6.07, 6.45) is 0.570. The van der Waals surface area contributed by atoms with Crippen LogP contribution in [0.4, 0.5) is 10.1 Å². The number of piperazine rings is 1. The van der Waals surface area contributed by atoms with E-state index < -0.39 is 15.7 Å². The van der Waals surface area contributed by atoms with Crippen molar-refractivity contribution in [1.82, 2.24) is 14.7 Å². The first-order valence-corrected chi connectivity index (χ1v) is 11.5. The number of benzene rings is 1. The minimum atomic E-state index is -2.98. The molecule has 1 aromatic rings. The largest absolute Gasteiger partial charge is 0.339 e. The van der Waals surface area contributed by atoms with Crippen molar-refractivity contribution in [1.29, 1.82) is 0 Å². The molecule has 2 fully saturated rings. The molecular formula is C19H27FN4O4S. The van der Waals surface area contributed by atoms with E-state index in [1.807, 2.05) is 9.80 Å². The maximum Gasteiger partial charge on any atom is 0.238 e. The predicted octanol–water partition coefficient (Wildman–Crippen LogP) is 0.0273. The second-order valence-corrected chi connectivity index (χ2v) is 9.92. The van der Waals surface area contributed by atoms with E-state index in [1.54, 1.807) is 18.0 Å². The number of hydrogen-bond acceptors (Lipinski definition) is 6. The molecule has 2 aliphatic rings. The summed E-state index contributed by atoms with van der Waals surface area (Å²) in [4.78, 5) is 30.2. The minimum Gasteiger partial charge on any atom is -0.339 e. The second kappa shape index (κ2) is 9.19. The Morgan fingerprint density at radius 1 is 1.24 bits per heavy atom. The fraction of sp³-hybridized carbons (Fsp3) is 0.579. The fourth-order valence-corrected chi connectivity index (χ4v) is 5.50. The number of nitrogens with zero attached hydrogens (tertiary/aromatic N) is 3. The molecule has 1 N–H and O–H groups in total. The van der Waals surface area contributed by atoms with Gasteiger partial charge in [0.1, 0.15) is 5.82 Å². The second-order valence-electron chi connectivity index (χ2n) is 7.69. The van der Waals surface area contributed by atoms with Crippen molar-refractivity contribution in [2.75, 3.05) is 63.1 Å². The normalized spacial score (nSPS) is 22.0. The van der Waals surface area contributed by atoms with Gasteiger partial charge < -0.3 is 10.2 Å². The highest BCUT2D eigenvalue weighted by molar-refractivity contribution is 7.91. The van der Waals surface area contributed by atoms with Gasteiger partial charge in [-0.25, -0.2) is 12.8 Å². The average Bonchev–Trinajstić information content (AvgIpc) is 3.02. The Balaban J connectivity index is 1.40. The quantitative estimate of drug-likeness (QED) is 0.690. The van der Waals surface area contributed by atoms with Gasteiger partial charge in [-0.1, -0.05) is 6.07 Å². The van der Waals surface area contributed by atoms with Gasteiger partial charge in [0, 0.05) is 37.9 Å². The van der Waals surface area contributed by atoms with E-state index >= 15 is 0 Å². The van der Waals surface area contributed by atoms with Gasteiger partial charge in [-0.15, -0.1) is 0 Å². The highest BCUT2D eigenvalue weighted by atomic mass is 32.2. The van der Waals surface area contributed by atoms with Crippen molar-refractivity contribution in [3.05, 3.63) is 30.1 Å². The topological polar surface area (TPSA) is 90.0 Å². The third-order valence-corrected chi connectivity index (χ3v) is 7.17. The molecule has 0 radical (unpaired) electrons. The smallest absolute Gasteiger partial charge is 0.238 e. The Bertz CT molecular complexity index is 856. The highest BCUT2D eigenvalue weighted by Crippen LogP contribution is 2.16. The summed E-state index contributed by atoms with van der Waals surface area (Å²) < 4.78 is 36.4. The van der Waals surface area contributed by atoms with E-state index in [2.05, 4.69) is 5.32 Å². The van der Waals surface area contributed by atoms with Gasteiger partial charge in [-0.05, 0) is 31.7 Å². The predicted molar refractivity (Wildman–Crippen MR) is 108 cm³/mol. The Kier molecular flexibility index (Phi) is 6.86. The Morgan fingerprint density at radius 2 is 1.97 bits per heavy atom. The standard InChI is InChI=1S/C19H27FN4O4S/c1-22(17-5-10-29(27,28)14-17)13-19(26)24-8-6-23(7-9-24)12-18(25)21-16-4-2-3-15(20)11-16/h2-4,11,17H,5-10,12-14H2,1H3,(H,21,25)/t17-/m0/s1. The van der Waals surface area contributed by atoms with Gasteiger partial charge >= 0.3 is 0 Å². The van der Waals surface area contributed by atoms with Crippen LogP contribution in [0.5, 0.6) is 0 Å². The fourth-order valence-electron chi connectivity index (χ4n) is 3.69. The first-order valence-electron chi connectivity index (χ1n) is 9.68. The third-order valence-electron chi connectivity index (χ3n) is 5.42. The van der Waals surface area contributed by atoms with Gasteiger partial charge in [0.15, 0.2) is 9.84 Å². The number of carbonyl (C=O) groups excluding carboxylic acids is 2. The molecule has 2 heterocycles. The zero-order valence-corrected chi connectivity index (χ0v) is 17.3. The molecule has 3 rings (SSSR count). The van der Waals surface area contributed by atoms with Crippen LogP contribution in [0.3, 0.4) is 0 Å². The Labute approximate surface area is 170 Å². The van der Waals surface area contributed by atoms with E-state index in [4.69, 9.17) is 0 Å². The number of sulfone groups is 1. The maximum atomic E-state index is 13.2. The number of rotatable bonds is 6. The molecule has 0 bridgehead atoms. The zero-order valence-electron chi connectivity index (χ0n) is 16.5. The minimum absolute atomic E-state index is 0.0272. The molecule has 0 unspecified atom stereocenters. The lowest BCUT2D eigenvalue weighted by atomic mass is 10.2. The molecule has 0 spiro atoms. The van der Waals surface area contributed by atoms with Crippen LogP contribution in [0, 0.1) is 5.82 Å². The van der Waals surface area contributed by atoms with E-state index in [0.29, 0.717) is 38.3 Å². The molecule has 160 valence electrons. The molecule has 8 nitrogen and oxygen atoms in total. The summed E-state index contributed by atoms with van der Waals surface area (Å²) in [6.45, 7) is 2.55. The van der Waals surface area contributed by atoms with Crippen LogP contribution in [0.1, 0.15) is 6.42 Å². The summed E-state index contributed by atoms with van der Waals surface area (Å²) in [5.41, 5.74) is 0.417. The van der Waals surface area contributed by atoms with Crippen molar-refractivity contribution < 1.29 is 22.4 Å². The molecule has 10 heteroatoms. The zero-order chi connectivity index (χ0) is 21.0. The van der Waals surface area contributed by atoms with Crippen LogP contribution in [-0.4, -0.2) is 98.8 Å². The van der Waals surface area contributed by atoms with Crippen LogP contribution in [0.2, 0.25) is 0 Å². The summed E-state index contributed by atoms with van der Waals surface area (Å²) in [7, 11) is -1.19. The molecule has 1 aromatic carbocycles. The van der Waals surface area contributed by atoms with E-state index in [9.17, 15) is 22.4 Å². The van der Waals surface area contributed by atoms with Crippen LogP contribution < -0.4 is 5.32 Å². The summed E-state index contributed by atoms with van der Waals surface area (Å²) in [5.74, 6) is -0.356. The van der Waals surface area contributed by atoms with Gasteiger partial charge in [0.25, 0.3) is 0 Å². The monoisotopic (exact) mass is 426 g/mol. The molecule has 0 aromatic heterocycles. The maximum absolute atomic E-state index is 13.2. The number of carbonyl (C=O) groups is 2. The van der Waals surface area contributed by atoms with Crippen molar-refractivity contribution >= 4 is 27.3 Å². The first kappa shape index (κ1) is 21.7. The lowest BCUT2D eigenvalue weighted by Crippen LogP contribution is -2.53. The number of halogens is 1. The number of likely N-dealkylation sites (N-methyl/N-ethyl adjacent to an activating group) is 1. The van der Waals surface area contributed by atoms with Crippen molar-refractivity contribution in [2.24, 2.45) is 0 Å². The van der Waals surface area contributed by atoms with Gasteiger partial charge in [0.05, 0.1) is 24.6 Å². The van der Waals surface area contributed by atoms with E-state index in [1.165, 1.54) is 18.2 Å². The number of hydrogen-bond donors (Lipinski definition) is 1.